The highest BCUT2D eigenvalue weighted by Gasteiger charge is 2.34. The second-order valence-electron chi connectivity index (χ2n) is 8.66. The first kappa shape index (κ1) is 20.9. The molecule has 0 aliphatic carbocycles. The number of nitrogens with zero attached hydrogens (tertiary/aromatic N) is 2. The number of benzene rings is 2. The quantitative estimate of drug-likeness (QED) is 0.650. The van der Waals surface area contributed by atoms with Gasteiger partial charge in [0.2, 0.25) is 5.91 Å². The molecule has 1 aliphatic rings. The lowest BCUT2D eigenvalue weighted by molar-refractivity contribution is -0.120. The summed E-state index contributed by atoms with van der Waals surface area (Å²) in [6.45, 7) is 3.60. The first-order chi connectivity index (χ1) is 14.3. The van der Waals surface area contributed by atoms with E-state index >= 15 is 0 Å². The Bertz CT molecular complexity index is 1060. The number of hydrogen-bond acceptors (Lipinski definition) is 3. The molecule has 3 atom stereocenters. The fourth-order valence-corrected chi connectivity index (χ4v) is 4.81. The lowest BCUT2D eigenvalue weighted by Gasteiger charge is -2.38. The number of aromatic nitrogens is 1. The van der Waals surface area contributed by atoms with Gasteiger partial charge in [-0.15, -0.1) is 0 Å². The lowest BCUT2D eigenvalue weighted by Crippen LogP contribution is -2.51. The maximum atomic E-state index is 13.6. The van der Waals surface area contributed by atoms with Crippen LogP contribution < -0.4 is 10.6 Å². The standard InChI is InChI=1S/C24H29ClN4O/c1-15(20-12-27-21-7-5-4-6-19(20)21)23(26)24(30)29-14-16(13-28(2)3)10-17-11-18(25)8-9-22(17)29/h4-9,11-12,15-16,23,27H,10,13-14,26H2,1-3H3/t15-,16-,23-/m1/s1. The highest BCUT2D eigenvalue weighted by atomic mass is 35.5. The molecule has 3 N–H and O–H groups in total. The van der Waals surface area contributed by atoms with Gasteiger partial charge in [-0.2, -0.15) is 0 Å². The van der Waals surface area contributed by atoms with E-state index < -0.39 is 6.04 Å². The van der Waals surface area contributed by atoms with E-state index in [-0.39, 0.29) is 11.8 Å². The number of fused-ring (bicyclic) bond motifs is 2. The number of para-hydroxylation sites is 1. The van der Waals surface area contributed by atoms with E-state index in [1.807, 2.05) is 54.4 Å². The molecule has 0 saturated heterocycles. The van der Waals surface area contributed by atoms with Crippen LogP contribution in [-0.4, -0.2) is 49.0 Å². The molecule has 3 aromatic rings. The van der Waals surface area contributed by atoms with Crippen molar-refractivity contribution in [1.29, 1.82) is 0 Å². The number of hydrogen-bond donors (Lipinski definition) is 2. The molecule has 0 spiro atoms. The molecule has 1 amide bonds. The first-order valence-corrected chi connectivity index (χ1v) is 10.8. The third kappa shape index (κ3) is 3.97. The smallest absolute Gasteiger partial charge is 0.244 e. The Morgan fingerprint density at radius 1 is 1.30 bits per heavy atom. The third-order valence-electron chi connectivity index (χ3n) is 6.11. The maximum Gasteiger partial charge on any atom is 0.244 e. The van der Waals surface area contributed by atoms with Gasteiger partial charge >= 0.3 is 0 Å². The van der Waals surface area contributed by atoms with E-state index in [2.05, 4.69) is 30.0 Å². The molecule has 1 aliphatic heterocycles. The summed E-state index contributed by atoms with van der Waals surface area (Å²) in [4.78, 5) is 20.9. The van der Waals surface area contributed by atoms with Crippen molar-refractivity contribution in [2.75, 3.05) is 32.1 Å². The number of carbonyl (C=O) groups is 1. The second kappa shape index (κ2) is 8.42. The van der Waals surface area contributed by atoms with Crippen molar-refractivity contribution in [1.82, 2.24) is 9.88 Å². The lowest BCUT2D eigenvalue weighted by atomic mass is 9.89. The van der Waals surface area contributed by atoms with E-state index in [1.54, 1.807) is 0 Å². The van der Waals surface area contributed by atoms with Crippen LogP contribution >= 0.6 is 11.6 Å². The molecular weight excluding hydrogens is 396 g/mol. The predicted octanol–water partition coefficient (Wildman–Crippen LogP) is 4.02. The Morgan fingerprint density at radius 2 is 2.07 bits per heavy atom. The zero-order valence-electron chi connectivity index (χ0n) is 17.7. The number of aromatic amines is 1. The monoisotopic (exact) mass is 424 g/mol. The molecule has 158 valence electrons. The zero-order chi connectivity index (χ0) is 21.4. The molecule has 0 fully saturated rings. The molecule has 1 aromatic heterocycles. The molecule has 2 heterocycles. The minimum Gasteiger partial charge on any atom is -0.361 e. The molecule has 0 radical (unpaired) electrons. The summed E-state index contributed by atoms with van der Waals surface area (Å²) >= 11 is 6.25. The summed E-state index contributed by atoms with van der Waals surface area (Å²) in [5.41, 5.74) is 10.7. The number of nitrogens with two attached hydrogens (primary N) is 1. The second-order valence-corrected chi connectivity index (χ2v) is 9.09. The van der Waals surface area contributed by atoms with Crippen molar-refractivity contribution in [3.05, 3.63) is 64.8 Å². The summed E-state index contributed by atoms with van der Waals surface area (Å²) in [5, 5.41) is 1.81. The topological polar surface area (TPSA) is 65.4 Å². The van der Waals surface area contributed by atoms with Gasteiger partial charge in [0, 0.05) is 46.8 Å². The number of rotatable bonds is 5. The normalized spacial score (nSPS) is 18.5. The molecule has 30 heavy (non-hydrogen) atoms. The maximum absolute atomic E-state index is 13.6. The SMILES string of the molecule is C[C@H](c1c[nH]c2ccccc12)[C@@H](N)C(=O)N1C[C@@H](CN(C)C)Cc2cc(Cl)ccc21. The number of carbonyl (C=O) groups excluding carboxylic acids is 1. The van der Waals surface area contributed by atoms with Crippen molar-refractivity contribution >= 4 is 34.1 Å². The molecular formula is C24H29ClN4O. The summed E-state index contributed by atoms with van der Waals surface area (Å²) in [5.74, 6) is 0.184. The van der Waals surface area contributed by atoms with Crippen molar-refractivity contribution in [3.63, 3.8) is 0 Å². The Morgan fingerprint density at radius 3 is 2.83 bits per heavy atom. The summed E-state index contributed by atoms with van der Waals surface area (Å²) < 4.78 is 0. The molecule has 0 saturated carbocycles. The number of H-pyrrole nitrogens is 1. The van der Waals surface area contributed by atoms with E-state index in [9.17, 15) is 4.79 Å². The minimum absolute atomic E-state index is 0.0418. The van der Waals surface area contributed by atoms with Crippen molar-refractivity contribution in [2.45, 2.75) is 25.3 Å². The molecule has 2 aromatic carbocycles. The fraction of sp³-hybridized carbons (Fsp3) is 0.375. The Kier molecular flexibility index (Phi) is 5.87. The average molecular weight is 425 g/mol. The fourth-order valence-electron chi connectivity index (χ4n) is 4.62. The van der Waals surface area contributed by atoms with Gasteiger partial charge in [0.25, 0.3) is 0 Å². The summed E-state index contributed by atoms with van der Waals surface area (Å²) in [6.07, 6.45) is 2.88. The molecule has 6 heteroatoms. The molecule has 0 bridgehead atoms. The number of halogens is 1. The zero-order valence-corrected chi connectivity index (χ0v) is 18.5. The third-order valence-corrected chi connectivity index (χ3v) is 6.34. The van der Waals surface area contributed by atoms with Gasteiger partial charge in [-0.05, 0) is 61.8 Å². The molecule has 5 nitrogen and oxygen atoms in total. The van der Waals surface area contributed by atoms with Gasteiger partial charge in [0.05, 0.1) is 6.04 Å². The van der Waals surface area contributed by atoms with E-state index in [0.29, 0.717) is 17.5 Å². The van der Waals surface area contributed by atoms with Crippen LogP contribution in [0.4, 0.5) is 5.69 Å². The average Bonchev–Trinajstić information content (AvgIpc) is 3.15. The van der Waals surface area contributed by atoms with Gasteiger partial charge in [0.1, 0.15) is 0 Å². The molecule has 4 rings (SSSR count). The van der Waals surface area contributed by atoms with Crippen molar-refractivity contribution < 1.29 is 4.79 Å². The Labute approximate surface area is 182 Å². The van der Waals surface area contributed by atoms with Gasteiger partial charge in [-0.25, -0.2) is 0 Å². The number of anilines is 1. The summed E-state index contributed by atoms with van der Waals surface area (Å²) in [7, 11) is 4.12. The highest BCUT2D eigenvalue weighted by Crippen LogP contribution is 2.34. The Hall–Kier alpha value is -2.34. The first-order valence-electron chi connectivity index (χ1n) is 10.4. The van der Waals surface area contributed by atoms with Crippen molar-refractivity contribution in [2.24, 2.45) is 11.7 Å². The van der Waals surface area contributed by atoms with E-state index in [0.717, 1.165) is 40.7 Å². The predicted molar refractivity (Wildman–Crippen MR) is 124 cm³/mol. The highest BCUT2D eigenvalue weighted by molar-refractivity contribution is 6.30. The van der Waals surface area contributed by atoms with E-state index in [4.69, 9.17) is 17.3 Å². The van der Waals surface area contributed by atoms with Crippen LogP contribution in [0.5, 0.6) is 0 Å². The van der Waals surface area contributed by atoms with Crippen LogP contribution in [-0.2, 0) is 11.2 Å². The number of nitrogens with one attached hydrogen (secondary N) is 1. The van der Waals surface area contributed by atoms with Crippen LogP contribution in [0.2, 0.25) is 5.02 Å². The summed E-state index contributed by atoms with van der Waals surface area (Å²) in [6, 6.07) is 13.3. The van der Waals surface area contributed by atoms with Gasteiger partial charge in [-0.1, -0.05) is 36.7 Å². The van der Waals surface area contributed by atoms with Crippen LogP contribution in [0, 0.1) is 5.92 Å². The largest absolute Gasteiger partial charge is 0.361 e. The van der Waals surface area contributed by atoms with Crippen molar-refractivity contribution in [3.8, 4) is 0 Å². The Balaban J connectivity index is 1.63. The van der Waals surface area contributed by atoms with Crippen LogP contribution in [0.3, 0.4) is 0 Å². The van der Waals surface area contributed by atoms with Crippen LogP contribution in [0.15, 0.2) is 48.7 Å². The van der Waals surface area contributed by atoms with E-state index in [1.165, 1.54) is 0 Å². The molecule has 0 unspecified atom stereocenters. The van der Waals surface area contributed by atoms with Crippen LogP contribution in [0.25, 0.3) is 10.9 Å². The number of amides is 1. The van der Waals surface area contributed by atoms with Gasteiger partial charge in [-0.3, -0.25) is 4.79 Å². The van der Waals surface area contributed by atoms with Gasteiger partial charge < -0.3 is 20.5 Å². The van der Waals surface area contributed by atoms with Gasteiger partial charge in [0.15, 0.2) is 0 Å². The van der Waals surface area contributed by atoms with Crippen LogP contribution in [0.1, 0.15) is 24.0 Å². The minimum atomic E-state index is -0.633.